The van der Waals surface area contributed by atoms with Crippen molar-refractivity contribution in [2.75, 3.05) is 51.2 Å². The third kappa shape index (κ3) is 3.88. The smallest absolute Gasteiger partial charge is 0.218 e. The predicted octanol–water partition coefficient (Wildman–Crippen LogP) is 2.31. The molecule has 2 aromatic heterocycles. The van der Waals surface area contributed by atoms with E-state index in [1.807, 2.05) is 0 Å². The maximum absolute atomic E-state index is 4.48. The van der Waals surface area contributed by atoms with Crippen molar-refractivity contribution in [3.05, 3.63) is 24.0 Å². The largest absolute Gasteiger partial charge is 0.344 e. The van der Waals surface area contributed by atoms with E-state index < -0.39 is 0 Å². The number of piperazine rings is 1. The number of likely N-dealkylation sites (N-methyl/N-ethyl adjacent to an activating group) is 1. The van der Waals surface area contributed by atoms with Crippen molar-refractivity contribution in [2.24, 2.45) is 5.92 Å². The summed E-state index contributed by atoms with van der Waals surface area (Å²) in [6.45, 7) is 10.0. The van der Waals surface area contributed by atoms with Gasteiger partial charge in [-0.2, -0.15) is 0 Å². The highest BCUT2D eigenvalue weighted by Crippen LogP contribution is 2.26. The van der Waals surface area contributed by atoms with Crippen molar-refractivity contribution in [1.82, 2.24) is 24.6 Å². The van der Waals surface area contributed by atoms with Gasteiger partial charge < -0.3 is 9.80 Å². The molecule has 0 unspecified atom stereocenters. The van der Waals surface area contributed by atoms with Gasteiger partial charge in [0.25, 0.3) is 0 Å². The highest BCUT2D eigenvalue weighted by molar-refractivity contribution is 7.17. The van der Waals surface area contributed by atoms with E-state index in [0.717, 1.165) is 48.9 Å². The molecule has 136 valence electrons. The first-order valence-corrected chi connectivity index (χ1v) is 10.2. The summed E-state index contributed by atoms with van der Waals surface area (Å²) in [6, 6.07) is 4.34. The van der Waals surface area contributed by atoms with Gasteiger partial charge in [0.2, 0.25) is 10.3 Å². The van der Waals surface area contributed by atoms with Crippen LogP contribution in [0.5, 0.6) is 0 Å². The summed E-state index contributed by atoms with van der Waals surface area (Å²) in [6.07, 6.45) is 4.75. The molecule has 4 rings (SSSR count). The molecule has 2 saturated heterocycles. The Morgan fingerprint density at radius 2 is 1.76 bits per heavy atom. The van der Waals surface area contributed by atoms with Crippen LogP contribution in [0.2, 0.25) is 0 Å². The van der Waals surface area contributed by atoms with Crippen molar-refractivity contribution in [3.63, 3.8) is 0 Å². The molecular weight excluding hydrogens is 332 g/mol. The third-order valence-electron chi connectivity index (χ3n) is 5.48. The van der Waals surface area contributed by atoms with E-state index in [1.54, 1.807) is 11.3 Å². The Morgan fingerprint density at radius 1 is 1.04 bits per heavy atom. The summed E-state index contributed by atoms with van der Waals surface area (Å²) in [5, 5.41) is 11.0. The Labute approximate surface area is 154 Å². The Hall–Kier alpha value is -1.44. The van der Waals surface area contributed by atoms with Crippen LogP contribution >= 0.6 is 11.3 Å². The van der Waals surface area contributed by atoms with E-state index in [4.69, 9.17) is 0 Å². The molecule has 0 aromatic carbocycles. The Kier molecular flexibility index (Phi) is 5.05. The zero-order valence-electron chi connectivity index (χ0n) is 15.3. The highest BCUT2D eigenvalue weighted by atomic mass is 32.1. The third-order valence-corrected chi connectivity index (χ3v) is 6.46. The second-order valence-corrected chi connectivity index (χ2v) is 8.42. The van der Waals surface area contributed by atoms with E-state index in [2.05, 4.69) is 61.8 Å². The molecule has 2 aliphatic heterocycles. The van der Waals surface area contributed by atoms with Gasteiger partial charge in [-0.25, -0.2) is 0 Å². The molecule has 25 heavy (non-hydrogen) atoms. The quantitative estimate of drug-likeness (QED) is 0.837. The van der Waals surface area contributed by atoms with Gasteiger partial charge in [0.15, 0.2) is 0 Å². The monoisotopic (exact) mass is 360 g/mol. The summed E-state index contributed by atoms with van der Waals surface area (Å²) < 4.78 is 2.22. The van der Waals surface area contributed by atoms with Gasteiger partial charge >= 0.3 is 0 Å². The van der Waals surface area contributed by atoms with Crippen LogP contribution < -0.4 is 4.90 Å². The topological polar surface area (TPSA) is 40.4 Å². The van der Waals surface area contributed by atoms with Gasteiger partial charge in [-0.1, -0.05) is 18.3 Å². The second-order valence-electron chi connectivity index (χ2n) is 7.49. The molecule has 2 aliphatic rings. The number of anilines is 1. The number of piperidine rings is 1. The van der Waals surface area contributed by atoms with Gasteiger partial charge in [0, 0.05) is 44.6 Å². The molecule has 2 aromatic rings. The lowest BCUT2D eigenvalue weighted by Crippen LogP contribution is -2.44. The molecule has 6 nitrogen and oxygen atoms in total. The van der Waals surface area contributed by atoms with Crippen LogP contribution in [0.1, 0.15) is 25.5 Å². The maximum atomic E-state index is 4.48. The van der Waals surface area contributed by atoms with E-state index in [9.17, 15) is 0 Å². The predicted molar refractivity (Wildman–Crippen MR) is 103 cm³/mol. The number of nitrogens with zero attached hydrogens (tertiary/aromatic N) is 6. The molecule has 0 bridgehead atoms. The first-order chi connectivity index (χ1) is 12.2. The number of hydrogen-bond donors (Lipinski definition) is 0. The van der Waals surface area contributed by atoms with Crippen LogP contribution in [0.4, 0.5) is 5.13 Å². The van der Waals surface area contributed by atoms with Crippen LogP contribution in [0.3, 0.4) is 0 Å². The molecule has 0 spiro atoms. The van der Waals surface area contributed by atoms with Gasteiger partial charge in [-0.15, -0.1) is 10.2 Å². The number of aromatic nitrogens is 3. The minimum Gasteiger partial charge on any atom is -0.344 e. The fraction of sp³-hybridized carbons (Fsp3) is 0.667. The Morgan fingerprint density at radius 3 is 2.52 bits per heavy atom. The van der Waals surface area contributed by atoms with E-state index in [-0.39, 0.29) is 0 Å². The van der Waals surface area contributed by atoms with Crippen LogP contribution in [0, 0.1) is 5.92 Å². The summed E-state index contributed by atoms with van der Waals surface area (Å²) in [4.78, 5) is 7.28. The van der Waals surface area contributed by atoms with Gasteiger partial charge in [-0.3, -0.25) is 9.47 Å². The Bertz CT molecular complexity index is 679. The fourth-order valence-electron chi connectivity index (χ4n) is 3.61. The van der Waals surface area contributed by atoms with Crippen LogP contribution in [-0.4, -0.2) is 70.9 Å². The number of hydrogen-bond acceptors (Lipinski definition) is 6. The lowest BCUT2D eigenvalue weighted by Gasteiger charge is -2.31. The maximum Gasteiger partial charge on any atom is 0.218 e. The zero-order chi connectivity index (χ0) is 17.2. The molecular formula is C18H28N6S. The van der Waals surface area contributed by atoms with Crippen molar-refractivity contribution in [2.45, 2.75) is 26.3 Å². The number of likely N-dealkylation sites (tertiary alicyclic amines) is 1. The summed E-state index contributed by atoms with van der Waals surface area (Å²) in [5.74, 6) is 0.873. The molecule has 0 aliphatic carbocycles. The average molecular weight is 361 g/mol. The molecule has 0 atom stereocenters. The van der Waals surface area contributed by atoms with Gasteiger partial charge in [0.05, 0.1) is 0 Å². The van der Waals surface area contributed by atoms with E-state index in [0.29, 0.717) is 0 Å². The van der Waals surface area contributed by atoms with Gasteiger partial charge in [-0.05, 0) is 51.0 Å². The van der Waals surface area contributed by atoms with Gasteiger partial charge in [0.1, 0.15) is 0 Å². The molecule has 0 amide bonds. The van der Waals surface area contributed by atoms with Crippen LogP contribution in [-0.2, 0) is 6.54 Å². The molecule has 7 heteroatoms. The average Bonchev–Trinajstić information content (AvgIpc) is 3.27. The standard InChI is InChI=1S/C18H28N6S/c1-15-5-8-22(9-6-15)14-16-4-3-7-24(16)18-20-19-17(25-18)23-12-10-21(2)11-13-23/h3-4,7,15H,5-6,8-14H2,1-2H3. The fourth-order valence-corrected chi connectivity index (χ4v) is 4.53. The molecule has 0 N–H and O–H groups in total. The number of rotatable bonds is 4. The summed E-state index contributed by atoms with van der Waals surface area (Å²) >= 11 is 1.70. The van der Waals surface area contributed by atoms with E-state index in [1.165, 1.54) is 31.6 Å². The molecule has 0 radical (unpaired) electrons. The summed E-state index contributed by atoms with van der Waals surface area (Å²) in [5.41, 5.74) is 1.32. The molecule has 4 heterocycles. The summed E-state index contributed by atoms with van der Waals surface area (Å²) in [7, 11) is 2.18. The SMILES string of the molecule is CC1CCN(Cc2cccn2-c2nnc(N3CCN(C)CC3)s2)CC1. The minimum atomic E-state index is 0.873. The second kappa shape index (κ2) is 7.43. The minimum absolute atomic E-state index is 0.873. The normalized spacial score (nSPS) is 21.1. The first-order valence-electron chi connectivity index (χ1n) is 9.35. The molecule has 0 saturated carbocycles. The van der Waals surface area contributed by atoms with Crippen molar-refractivity contribution < 1.29 is 0 Å². The van der Waals surface area contributed by atoms with Crippen molar-refractivity contribution >= 4 is 16.5 Å². The highest BCUT2D eigenvalue weighted by Gasteiger charge is 2.20. The Balaban J connectivity index is 1.45. The first kappa shape index (κ1) is 17.0. The van der Waals surface area contributed by atoms with E-state index >= 15 is 0 Å². The van der Waals surface area contributed by atoms with Crippen molar-refractivity contribution in [3.8, 4) is 5.13 Å². The van der Waals surface area contributed by atoms with Crippen molar-refractivity contribution in [1.29, 1.82) is 0 Å². The lowest BCUT2D eigenvalue weighted by atomic mass is 9.99. The van der Waals surface area contributed by atoms with Crippen LogP contribution in [0.15, 0.2) is 18.3 Å². The lowest BCUT2D eigenvalue weighted by molar-refractivity contribution is 0.182. The molecule has 2 fully saturated rings. The zero-order valence-corrected chi connectivity index (χ0v) is 16.1. The van der Waals surface area contributed by atoms with Crippen LogP contribution in [0.25, 0.3) is 5.13 Å².